The van der Waals surface area contributed by atoms with Gasteiger partial charge in [0.25, 0.3) is 0 Å². The smallest absolute Gasteiger partial charge is 0.0212 e. The Morgan fingerprint density at radius 3 is 1.36 bits per heavy atom. The Kier molecular flexibility index (Phi) is 5.90. The fraction of sp³-hybridized carbons (Fsp3) is 1.00. The van der Waals surface area contributed by atoms with Gasteiger partial charge in [-0.1, -0.05) is 0 Å². The van der Waals surface area contributed by atoms with Crippen molar-refractivity contribution in [2.24, 2.45) is 10.8 Å². The normalized spacial score (nSPS) is 30.4. The van der Waals surface area contributed by atoms with E-state index in [1.54, 1.807) is 0 Å². The predicted molar refractivity (Wildman–Crippen MR) is 119 cm³/mol. The maximum atomic E-state index is 2.78. The van der Waals surface area contributed by atoms with Crippen LogP contribution in [0, 0.1) is 10.8 Å². The number of rotatable bonds is 7. The predicted octanol–water partition coefficient (Wildman–Crippen LogP) is 3.38. The first-order chi connectivity index (χ1) is 13.2. The maximum absolute atomic E-state index is 2.78. The van der Waals surface area contributed by atoms with Gasteiger partial charge in [0.15, 0.2) is 0 Å². The molecule has 0 aromatic heterocycles. The Labute approximate surface area is 174 Å². The minimum atomic E-state index is 0.666. The van der Waals surface area contributed by atoms with Gasteiger partial charge >= 0.3 is 0 Å². The summed E-state index contributed by atoms with van der Waals surface area (Å²) in [5, 5.41) is 0. The van der Waals surface area contributed by atoms with Crippen molar-refractivity contribution in [3.05, 3.63) is 0 Å². The van der Waals surface area contributed by atoms with Crippen LogP contribution in [0.4, 0.5) is 0 Å². The summed E-state index contributed by atoms with van der Waals surface area (Å²) in [6, 6.07) is 3.00. The summed E-state index contributed by atoms with van der Waals surface area (Å²) in [6.07, 6.45) is 5.59. The molecule has 2 atom stereocenters. The molecule has 0 aromatic carbocycles. The molecule has 4 saturated heterocycles. The van der Waals surface area contributed by atoms with Crippen molar-refractivity contribution in [3.63, 3.8) is 0 Å². The van der Waals surface area contributed by atoms with Crippen molar-refractivity contribution in [2.75, 3.05) is 52.4 Å². The van der Waals surface area contributed by atoms with Gasteiger partial charge < -0.3 is 4.90 Å². The molecule has 0 radical (unpaired) electrons. The van der Waals surface area contributed by atoms with Crippen LogP contribution in [0.5, 0.6) is 0 Å². The highest BCUT2D eigenvalue weighted by atomic mass is 15.3. The summed E-state index contributed by atoms with van der Waals surface area (Å²) in [7, 11) is 0. The van der Waals surface area contributed by atoms with E-state index >= 15 is 0 Å². The first kappa shape index (κ1) is 21.1. The second kappa shape index (κ2) is 7.83. The zero-order valence-electron chi connectivity index (χ0n) is 19.6. The summed E-state index contributed by atoms with van der Waals surface area (Å²) in [4.78, 5) is 10.8. The molecule has 4 heteroatoms. The molecule has 4 aliphatic heterocycles. The number of likely N-dealkylation sites (tertiary alicyclic amines) is 4. The van der Waals surface area contributed by atoms with Gasteiger partial charge in [-0.15, -0.1) is 0 Å². The third-order valence-corrected chi connectivity index (χ3v) is 8.80. The van der Waals surface area contributed by atoms with Crippen LogP contribution in [0.1, 0.15) is 67.2 Å². The molecule has 2 unspecified atom stereocenters. The molecule has 2 spiro atoms. The SMILES string of the molecule is CC(C)N1CCC2(CC1)CN(C(C)CCC(C)N1CC3(CN(C(C)C)C3)C1)C2. The maximum Gasteiger partial charge on any atom is 0.0212 e. The molecule has 162 valence electrons. The van der Waals surface area contributed by atoms with E-state index in [0.717, 1.165) is 24.2 Å². The van der Waals surface area contributed by atoms with Crippen LogP contribution in [0.15, 0.2) is 0 Å². The molecule has 0 N–H and O–H groups in total. The minimum Gasteiger partial charge on any atom is -0.301 e. The van der Waals surface area contributed by atoms with Gasteiger partial charge in [-0.25, -0.2) is 0 Å². The summed E-state index contributed by atoms with van der Waals surface area (Å²) in [5.41, 5.74) is 1.33. The number of hydrogen-bond acceptors (Lipinski definition) is 4. The zero-order chi connectivity index (χ0) is 20.1. The van der Waals surface area contributed by atoms with E-state index in [1.807, 2.05) is 0 Å². The molecule has 4 nitrogen and oxygen atoms in total. The monoisotopic (exact) mass is 390 g/mol. The van der Waals surface area contributed by atoms with Crippen LogP contribution < -0.4 is 0 Å². The topological polar surface area (TPSA) is 13.0 Å². The second-order valence-corrected chi connectivity index (χ2v) is 11.7. The van der Waals surface area contributed by atoms with E-state index in [2.05, 4.69) is 61.1 Å². The fourth-order valence-electron chi connectivity index (χ4n) is 6.31. The van der Waals surface area contributed by atoms with Crippen LogP contribution in [-0.4, -0.2) is 96.1 Å². The fourth-order valence-corrected chi connectivity index (χ4v) is 6.31. The van der Waals surface area contributed by atoms with Gasteiger partial charge in [0.1, 0.15) is 0 Å². The van der Waals surface area contributed by atoms with Gasteiger partial charge in [0.2, 0.25) is 0 Å². The highest BCUT2D eigenvalue weighted by molar-refractivity contribution is 5.07. The third-order valence-electron chi connectivity index (χ3n) is 8.80. The van der Waals surface area contributed by atoms with Crippen molar-refractivity contribution < 1.29 is 0 Å². The average Bonchev–Trinajstić information content (AvgIpc) is 2.54. The second-order valence-electron chi connectivity index (χ2n) is 11.7. The standard InChI is InChI=1S/C24H46N4/c1-19(2)25-11-9-23(10-12-25)13-27(14-23)21(5)7-8-22(6)28-17-24(18-28)15-26(16-24)20(3)4/h19-22H,7-18H2,1-6H3. The van der Waals surface area contributed by atoms with Crippen molar-refractivity contribution in [1.82, 2.24) is 19.6 Å². The molecule has 0 aliphatic carbocycles. The van der Waals surface area contributed by atoms with E-state index in [0.29, 0.717) is 10.8 Å². The minimum absolute atomic E-state index is 0.666. The van der Waals surface area contributed by atoms with Crippen LogP contribution in [0.25, 0.3) is 0 Å². The Morgan fingerprint density at radius 2 is 0.929 bits per heavy atom. The van der Waals surface area contributed by atoms with Gasteiger partial charge in [-0.05, 0) is 85.7 Å². The van der Waals surface area contributed by atoms with Crippen LogP contribution >= 0.6 is 0 Å². The van der Waals surface area contributed by atoms with E-state index < -0.39 is 0 Å². The quantitative estimate of drug-likeness (QED) is 0.661. The number of piperidine rings is 1. The largest absolute Gasteiger partial charge is 0.301 e. The molecule has 4 rings (SSSR count). The van der Waals surface area contributed by atoms with Crippen molar-refractivity contribution in [2.45, 2.75) is 91.4 Å². The highest BCUT2D eigenvalue weighted by Gasteiger charge is 2.53. The number of nitrogens with zero attached hydrogens (tertiary/aromatic N) is 4. The van der Waals surface area contributed by atoms with E-state index in [4.69, 9.17) is 0 Å². The summed E-state index contributed by atoms with van der Waals surface area (Å²) < 4.78 is 0. The molecule has 0 aromatic rings. The molecule has 0 saturated carbocycles. The molecule has 4 fully saturated rings. The lowest BCUT2D eigenvalue weighted by atomic mass is 9.70. The Bertz CT molecular complexity index is 515. The van der Waals surface area contributed by atoms with Crippen LogP contribution in [0.2, 0.25) is 0 Å². The Morgan fingerprint density at radius 1 is 0.536 bits per heavy atom. The third kappa shape index (κ3) is 4.04. The molecule has 28 heavy (non-hydrogen) atoms. The molecule has 4 aliphatic rings. The lowest BCUT2D eigenvalue weighted by Gasteiger charge is -2.63. The average molecular weight is 391 g/mol. The Hall–Kier alpha value is -0.160. The number of hydrogen-bond donors (Lipinski definition) is 0. The van der Waals surface area contributed by atoms with E-state index in [1.165, 1.54) is 78.0 Å². The summed E-state index contributed by atoms with van der Waals surface area (Å²) in [6.45, 7) is 25.1. The Balaban J connectivity index is 1.12. The van der Waals surface area contributed by atoms with Gasteiger partial charge in [0.05, 0.1) is 0 Å². The summed E-state index contributed by atoms with van der Waals surface area (Å²) >= 11 is 0. The van der Waals surface area contributed by atoms with E-state index in [-0.39, 0.29) is 0 Å². The van der Waals surface area contributed by atoms with Crippen LogP contribution in [-0.2, 0) is 0 Å². The lowest BCUT2D eigenvalue weighted by Crippen LogP contribution is -2.74. The lowest BCUT2D eigenvalue weighted by molar-refractivity contribution is -0.139. The first-order valence-corrected chi connectivity index (χ1v) is 12.2. The molecular weight excluding hydrogens is 344 g/mol. The van der Waals surface area contributed by atoms with Crippen LogP contribution in [0.3, 0.4) is 0 Å². The highest BCUT2D eigenvalue weighted by Crippen LogP contribution is 2.43. The van der Waals surface area contributed by atoms with Crippen molar-refractivity contribution in [1.29, 1.82) is 0 Å². The van der Waals surface area contributed by atoms with Gasteiger partial charge in [-0.3, -0.25) is 14.7 Å². The molecule has 4 heterocycles. The first-order valence-electron chi connectivity index (χ1n) is 12.2. The summed E-state index contributed by atoms with van der Waals surface area (Å²) in [5.74, 6) is 0. The molecular formula is C24H46N4. The molecule has 0 bridgehead atoms. The van der Waals surface area contributed by atoms with Gasteiger partial charge in [-0.2, -0.15) is 0 Å². The zero-order valence-corrected chi connectivity index (χ0v) is 19.6. The molecule has 0 amide bonds. The van der Waals surface area contributed by atoms with E-state index in [9.17, 15) is 0 Å². The van der Waals surface area contributed by atoms with Gasteiger partial charge in [0, 0.05) is 68.9 Å². The van der Waals surface area contributed by atoms with Crippen molar-refractivity contribution in [3.8, 4) is 0 Å². The van der Waals surface area contributed by atoms with Crippen molar-refractivity contribution >= 4 is 0 Å².